The lowest BCUT2D eigenvalue weighted by Crippen LogP contribution is -2.48. The van der Waals surface area contributed by atoms with Crippen molar-refractivity contribution in [1.82, 2.24) is 10.6 Å². The number of nitrogens with one attached hydrogen (secondary N) is 2. The second-order valence-electron chi connectivity index (χ2n) is 10.5. The summed E-state index contributed by atoms with van der Waals surface area (Å²) in [5.74, 6) is -1.78. The molecule has 0 saturated carbocycles. The molecule has 198 valence electrons. The molecule has 0 aliphatic rings. The van der Waals surface area contributed by atoms with Crippen LogP contribution < -0.4 is 10.6 Å². The molecule has 3 aromatic rings. The Morgan fingerprint density at radius 2 is 1.76 bits per heavy atom. The first-order valence-corrected chi connectivity index (χ1v) is 13.1. The maximum absolute atomic E-state index is 13.7. The van der Waals surface area contributed by atoms with Crippen molar-refractivity contribution in [1.29, 1.82) is 0 Å². The van der Waals surface area contributed by atoms with Gasteiger partial charge in [-0.05, 0) is 64.1 Å². The lowest BCUT2D eigenvalue weighted by Gasteiger charge is -2.25. The average Bonchev–Trinajstić information content (AvgIpc) is 3.25. The van der Waals surface area contributed by atoms with E-state index in [1.165, 1.54) is 36.0 Å². The molecule has 0 radical (unpaired) electrons. The van der Waals surface area contributed by atoms with Gasteiger partial charge in [0.2, 0.25) is 5.91 Å². The molecule has 37 heavy (non-hydrogen) atoms. The van der Waals surface area contributed by atoms with Gasteiger partial charge < -0.3 is 15.7 Å². The molecule has 1 amide bonds. The van der Waals surface area contributed by atoms with Gasteiger partial charge in [-0.1, -0.05) is 39.0 Å². The number of hydrogen-bond donors (Lipinski definition) is 3. The fraction of sp³-hybridized carbons (Fsp3) is 0.379. The van der Waals surface area contributed by atoms with E-state index in [4.69, 9.17) is 0 Å². The second-order valence-corrected chi connectivity index (χ2v) is 11.5. The molecule has 1 aromatic heterocycles. The topological polar surface area (TPSA) is 78.4 Å². The lowest BCUT2D eigenvalue weighted by atomic mass is 9.86. The van der Waals surface area contributed by atoms with Crippen LogP contribution in [0.5, 0.6) is 0 Å². The van der Waals surface area contributed by atoms with Crippen molar-refractivity contribution in [2.24, 2.45) is 5.41 Å². The molecule has 0 fully saturated rings. The van der Waals surface area contributed by atoms with Crippen LogP contribution in [0.1, 0.15) is 54.1 Å². The standard InChI is InChI=1S/C29H34F2N2O3S/c1-18(35)33-26(12-20-10-22(30)13-23(31)11-20)27(36)16-32-15-21-9-19(14-29(2,3)4)5-6-24(21)25-7-8-37-28(25)17-34/h5-11,13,17,26-27,32,36H,12,14-16H2,1-4H3,(H,33,35). The van der Waals surface area contributed by atoms with E-state index >= 15 is 0 Å². The van der Waals surface area contributed by atoms with Crippen molar-refractivity contribution in [3.05, 3.63) is 81.0 Å². The number of halogens is 2. The van der Waals surface area contributed by atoms with E-state index in [0.717, 1.165) is 35.5 Å². The first-order chi connectivity index (χ1) is 17.4. The second kappa shape index (κ2) is 12.5. The van der Waals surface area contributed by atoms with Crippen LogP contribution in [-0.4, -0.2) is 36.0 Å². The zero-order valence-electron chi connectivity index (χ0n) is 21.6. The third kappa shape index (κ3) is 8.55. The van der Waals surface area contributed by atoms with Gasteiger partial charge in [0.1, 0.15) is 11.6 Å². The maximum Gasteiger partial charge on any atom is 0.217 e. The maximum atomic E-state index is 13.7. The molecule has 3 rings (SSSR count). The highest BCUT2D eigenvalue weighted by atomic mass is 32.1. The summed E-state index contributed by atoms with van der Waals surface area (Å²) in [5, 5.41) is 18.7. The van der Waals surface area contributed by atoms with Crippen LogP contribution in [0.3, 0.4) is 0 Å². The van der Waals surface area contributed by atoms with E-state index in [-0.39, 0.29) is 24.3 Å². The highest BCUT2D eigenvalue weighted by Crippen LogP contribution is 2.32. The molecule has 5 nitrogen and oxygen atoms in total. The van der Waals surface area contributed by atoms with Crippen molar-refractivity contribution < 1.29 is 23.5 Å². The fourth-order valence-electron chi connectivity index (χ4n) is 4.44. The van der Waals surface area contributed by atoms with Crippen LogP contribution in [-0.2, 0) is 24.2 Å². The fourth-order valence-corrected chi connectivity index (χ4v) is 5.15. The van der Waals surface area contributed by atoms with E-state index in [1.807, 2.05) is 17.5 Å². The van der Waals surface area contributed by atoms with E-state index in [0.29, 0.717) is 17.0 Å². The number of carbonyl (C=O) groups excluding carboxylic acids is 2. The Labute approximate surface area is 220 Å². The summed E-state index contributed by atoms with van der Waals surface area (Å²) in [7, 11) is 0. The zero-order valence-corrected chi connectivity index (χ0v) is 22.4. The summed E-state index contributed by atoms with van der Waals surface area (Å²) >= 11 is 1.39. The van der Waals surface area contributed by atoms with Gasteiger partial charge in [-0.25, -0.2) is 8.78 Å². The van der Waals surface area contributed by atoms with Crippen LogP contribution >= 0.6 is 11.3 Å². The molecule has 0 bridgehead atoms. The molecule has 0 aliphatic heterocycles. The Morgan fingerprint density at radius 1 is 1.05 bits per heavy atom. The van der Waals surface area contributed by atoms with Gasteiger partial charge in [-0.2, -0.15) is 0 Å². The van der Waals surface area contributed by atoms with Crippen LogP contribution in [0, 0.1) is 17.0 Å². The number of aldehydes is 1. The Morgan fingerprint density at radius 3 is 2.38 bits per heavy atom. The van der Waals surface area contributed by atoms with E-state index in [2.05, 4.69) is 43.5 Å². The van der Waals surface area contributed by atoms with E-state index < -0.39 is 23.8 Å². The predicted molar refractivity (Wildman–Crippen MR) is 144 cm³/mol. The number of benzene rings is 2. The van der Waals surface area contributed by atoms with Crippen LogP contribution in [0.25, 0.3) is 11.1 Å². The summed E-state index contributed by atoms with van der Waals surface area (Å²) in [4.78, 5) is 24.0. The van der Waals surface area contributed by atoms with Crippen molar-refractivity contribution in [3.63, 3.8) is 0 Å². The van der Waals surface area contributed by atoms with Gasteiger partial charge in [0.05, 0.1) is 17.0 Å². The molecule has 1 heterocycles. The minimum absolute atomic E-state index is 0.0705. The third-order valence-corrected chi connectivity index (χ3v) is 6.74. The molecule has 0 saturated heterocycles. The van der Waals surface area contributed by atoms with Gasteiger partial charge >= 0.3 is 0 Å². The predicted octanol–water partition coefficient (Wildman–Crippen LogP) is 5.29. The summed E-state index contributed by atoms with van der Waals surface area (Å²) in [5.41, 5.74) is 4.40. The van der Waals surface area contributed by atoms with Crippen molar-refractivity contribution in [2.45, 2.75) is 59.2 Å². The third-order valence-electron chi connectivity index (χ3n) is 5.90. The average molecular weight is 529 g/mol. The summed E-state index contributed by atoms with van der Waals surface area (Å²) in [6.45, 7) is 8.40. The quantitative estimate of drug-likeness (QED) is 0.296. The number of aliphatic hydroxyl groups is 1. The van der Waals surface area contributed by atoms with Gasteiger partial charge in [-0.3, -0.25) is 9.59 Å². The van der Waals surface area contributed by atoms with Crippen LogP contribution in [0.15, 0.2) is 47.8 Å². The van der Waals surface area contributed by atoms with Crippen molar-refractivity contribution in [3.8, 4) is 11.1 Å². The van der Waals surface area contributed by atoms with Crippen LogP contribution in [0.2, 0.25) is 0 Å². The van der Waals surface area contributed by atoms with Gasteiger partial charge in [-0.15, -0.1) is 11.3 Å². The molecule has 2 aromatic carbocycles. The van der Waals surface area contributed by atoms with Crippen molar-refractivity contribution >= 4 is 23.5 Å². The van der Waals surface area contributed by atoms with Gasteiger partial charge in [0, 0.05) is 31.6 Å². The molecule has 2 unspecified atom stereocenters. The molecular formula is C29H34F2N2O3S. The number of amides is 1. The Kier molecular flexibility index (Phi) is 9.70. The van der Waals surface area contributed by atoms with Crippen molar-refractivity contribution in [2.75, 3.05) is 6.54 Å². The smallest absolute Gasteiger partial charge is 0.217 e. The lowest BCUT2D eigenvalue weighted by molar-refractivity contribution is -0.120. The first kappa shape index (κ1) is 28.6. The highest BCUT2D eigenvalue weighted by Gasteiger charge is 2.22. The summed E-state index contributed by atoms with van der Waals surface area (Å²) in [6, 6.07) is 10.6. The Hall–Kier alpha value is -2.94. The van der Waals surface area contributed by atoms with E-state index in [1.54, 1.807) is 0 Å². The first-order valence-electron chi connectivity index (χ1n) is 12.2. The monoisotopic (exact) mass is 528 g/mol. The summed E-state index contributed by atoms with van der Waals surface area (Å²) in [6.07, 6.45) is 0.795. The largest absolute Gasteiger partial charge is 0.390 e. The van der Waals surface area contributed by atoms with E-state index in [9.17, 15) is 23.5 Å². The SMILES string of the molecule is CC(=O)NC(Cc1cc(F)cc(F)c1)C(O)CNCc1cc(CC(C)(C)C)ccc1-c1ccsc1C=O. The number of thiophene rings is 1. The molecule has 3 N–H and O–H groups in total. The highest BCUT2D eigenvalue weighted by molar-refractivity contribution is 7.12. The van der Waals surface area contributed by atoms with Crippen LogP contribution in [0.4, 0.5) is 8.78 Å². The summed E-state index contributed by atoms with van der Waals surface area (Å²) < 4.78 is 27.3. The number of carbonyl (C=O) groups is 2. The number of rotatable bonds is 11. The van der Waals surface area contributed by atoms with Gasteiger partial charge in [0.25, 0.3) is 0 Å². The minimum atomic E-state index is -1.01. The molecular weight excluding hydrogens is 494 g/mol. The number of hydrogen-bond acceptors (Lipinski definition) is 5. The van der Waals surface area contributed by atoms with Gasteiger partial charge in [0.15, 0.2) is 6.29 Å². The zero-order chi connectivity index (χ0) is 27.2. The minimum Gasteiger partial charge on any atom is -0.390 e. The number of aliphatic hydroxyl groups excluding tert-OH is 1. The Balaban J connectivity index is 1.78. The molecule has 0 aliphatic carbocycles. The normalized spacial score (nSPS) is 13.3. The Bertz CT molecular complexity index is 1220. The molecule has 2 atom stereocenters. The molecule has 8 heteroatoms. The molecule has 0 spiro atoms.